The number of hydrogen-bond acceptors (Lipinski definition) is 7. The molecule has 5 atom stereocenters. The molecule has 1 saturated heterocycles. The molecule has 0 radical (unpaired) electrons. The lowest BCUT2D eigenvalue weighted by Crippen LogP contribution is -2.61. The molecule has 1 fully saturated rings. The van der Waals surface area contributed by atoms with E-state index in [1.807, 2.05) is 0 Å². The van der Waals surface area contributed by atoms with Crippen molar-refractivity contribution in [3.63, 3.8) is 0 Å². The van der Waals surface area contributed by atoms with Gasteiger partial charge < -0.3 is 36.0 Å². The fraction of sp³-hybridized carbons (Fsp3) is 0.792. The monoisotopic (exact) mass is 459 g/mol. The summed E-state index contributed by atoms with van der Waals surface area (Å²) in [6, 6.07) is -1.04. The minimum atomic E-state index is -1.35. The van der Waals surface area contributed by atoms with Gasteiger partial charge in [0.25, 0.3) is 0 Å². The molecule has 0 bridgehead atoms. The zero-order valence-corrected chi connectivity index (χ0v) is 19.5. The maximum atomic E-state index is 10.3. The molecule has 1 aliphatic heterocycles. The second kappa shape index (κ2) is 20.3. The first-order valence-corrected chi connectivity index (χ1v) is 11.9. The van der Waals surface area contributed by atoms with Crippen LogP contribution in [0.4, 0.5) is 0 Å². The molecule has 0 amide bonds. The number of unbranched alkanes of at least 4 members (excludes halogenated alkanes) is 8. The van der Waals surface area contributed by atoms with Gasteiger partial charge in [0, 0.05) is 6.42 Å². The maximum Gasteiger partial charge on any atom is 0.303 e. The summed E-state index contributed by atoms with van der Waals surface area (Å²) in [5.41, 5.74) is 5.26. The Balaban J connectivity index is 0.000000677. The van der Waals surface area contributed by atoms with Crippen molar-refractivity contribution < 1.29 is 35.1 Å². The van der Waals surface area contributed by atoms with Gasteiger partial charge in [-0.3, -0.25) is 4.79 Å². The lowest BCUT2D eigenvalue weighted by molar-refractivity contribution is -0.248. The van der Waals surface area contributed by atoms with Crippen molar-refractivity contribution in [2.45, 2.75) is 115 Å². The molecule has 0 saturated carbocycles. The number of carboxylic acid groups (broad SMARTS) is 1. The zero-order chi connectivity index (χ0) is 24.2. The van der Waals surface area contributed by atoms with Crippen molar-refractivity contribution in [2.24, 2.45) is 5.73 Å². The van der Waals surface area contributed by atoms with E-state index in [0.717, 1.165) is 25.7 Å². The first-order chi connectivity index (χ1) is 15.3. The highest BCUT2D eigenvalue weighted by atomic mass is 16.6. The summed E-state index contributed by atoms with van der Waals surface area (Å²) in [5.74, 6) is -0.671. The largest absolute Gasteiger partial charge is 0.481 e. The van der Waals surface area contributed by atoms with Crippen LogP contribution in [0.25, 0.3) is 0 Å². The van der Waals surface area contributed by atoms with Crippen LogP contribution in [0.1, 0.15) is 84.0 Å². The van der Waals surface area contributed by atoms with E-state index in [9.17, 15) is 15.0 Å². The Kier molecular flexibility index (Phi) is 19.5. The van der Waals surface area contributed by atoms with Gasteiger partial charge in [-0.05, 0) is 38.5 Å². The topological polar surface area (TPSA) is 153 Å². The van der Waals surface area contributed by atoms with Crippen LogP contribution in [-0.2, 0) is 9.53 Å². The highest BCUT2D eigenvalue weighted by Crippen LogP contribution is 2.17. The first-order valence-electron chi connectivity index (χ1n) is 11.9. The van der Waals surface area contributed by atoms with Crippen LogP contribution in [0.5, 0.6) is 0 Å². The summed E-state index contributed by atoms with van der Waals surface area (Å²) in [4.78, 5) is 10.3. The zero-order valence-electron chi connectivity index (χ0n) is 19.5. The number of carbonyl (C=O) groups is 1. The molecule has 1 aliphatic rings. The molecule has 8 heteroatoms. The SMILES string of the molecule is CCCCC/C=C\C/C=C\CCCCCCCC(=O)O.N[C@H]1C(O)O[C@H](CO)[C@@H](O)[C@@H]1O. The minimum absolute atomic E-state index is 0.324. The fourth-order valence-corrected chi connectivity index (χ4v) is 3.21. The first kappa shape index (κ1) is 30.7. The number of allylic oxidation sites excluding steroid dienone is 4. The Labute approximate surface area is 192 Å². The summed E-state index contributed by atoms with van der Waals surface area (Å²) in [5, 5.41) is 44.6. The highest BCUT2D eigenvalue weighted by Gasteiger charge is 2.41. The van der Waals surface area contributed by atoms with Crippen LogP contribution in [-0.4, -0.2) is 68.8 Å². The van der Waals surface area contributed by atoms with Gasteiger partial charge in [0.05, 0.1) is 12.6 Å². The van der Waals surface area contributed by atoms with E-state index in [4.69, 9.17) is 25.8 Å². The number of nitrogens with two attached hydrogens (primary N) is 1. The number of aliphatic hydroxyl groups excluding tert-OH is 4. The van der Waals surface area contributed by atoms with Crippen LogP contribution >= 0.6 is 0 Å². The van der Waals surface area contributed by atoms with Crippen LogP contribution in [0, 0.1) is 0 Å². The second-order valence-electron chi connectivity index (χ2n) is 8.18. The van der Waals surface area contributed by atoms with Crippen molar-refractivity contribution >= 4 is 5.97 Å². The Morgan fingerprint density at radius 3 is 2.00 bits per heavy atom. The Bertz CT molecular complexity index is 508. The molecule has 0 aliphatic carbocycles. The molecule has 8 nitrogen and oxygen atoms in total. The Morgan fingerprint density at radius 1 is 0.875 bits per heavy atom. The summed E-state index contributed by atoms with van der Waals surface area (Å²) in [7, 11) is 0. The van der Waals surface area contributed by atoms with Gasteiger partial charge in [-0.15, -0.1) is 0 Å². The van der Waals surface area contributed by atoms with Gasteiger partial charge in [0.1, 0.15) is 18.3 Å². The van der Waals surface area contributed by atoms with Crippen molar-refractivity contribution in [3.8, 4) is 0 Å². The summed E-state index contributed by atoms with van der Waals surface area (Å²) < 4.78 is 4.70. The number of hydrogen-bond donors (Lipinski definition) is 6. The number of ether oxygens (including phenoxy) is 1. The van der Waals surface area contributed by atoms with Crippen molar-refractivity contribution in [1.29, 1.82) is 0 Å². The maximum absolute atomic E-state index is 10.3. The number of rotatable bonds is 15. The molecule has 0 spiro atoms. The summed E-state index contributed by atoms with van der Waals surface area (Å²) in [6.07, 6.45) is 17.4. The molecular formula is C24H45NO7. The van der Waals surface area contributed by atoms with Crippen LogP contribution in [0.3, 0.4) is 0 Å². The third kappa shape index (κ3) is 15.5. The van der Waals surface area contributed by atoms with Gasteiger partial charge in [-0.1, -0.05) is 63.3 Å². The van der Waals surface area contributed by atoms with Gasteiger partial charge in [-0.2, -0.15) is 0 Å². The Morgan fingerprint density at radius 2 is 1.44 bits per heavy atom. The molecule has 32 heavy (non-hydrogen) atoms. The Hall–Kier alpha value is -1.29. The van der Waals surface area contributed by atoms with E-state index < -0.39 is 43.2 Å². The molecule has 188 valence electrons. The smallest absolute Gasteiger partial charge is 0.303 e. The van der Waals surface area contributed by atoms with Crippen molar-refractivity contribution in [3.05, 3.63) is 24.3 Å². The number of carboxylic acids is 1. The van der Waals surface area contributed by atoms with Crippen LogP contribution in [0.2, 0.25) is 0 Å². The van der Waals surface area contributed by atoms with Gasteiger partial charge >= 0.3 is 5.97 Å². The number of aliphatic hydroxyl groups is 4. The van der Waals surface area contributed by atoms with Gasteiger partial charge in [0.15, 0.2) is 6.29 Å². The predicted molar refractivity (Wildman–Crippen MR) is 125 cm³/mol. The normalized spacial score (nSPS) is 25.8. The molecule has 1 unspecified atom stereocenters. The number of aliphatic carboxylic acids is 1. The third-order valence-corrected chi connectivity index (χ3v) is 5.29. The minimum Gasteiger partial charge on any atom is -0.481 e. The van der Waals surface area contributed by atoms with Crippen molar-refractivity contribution in [2.75, 3.05) is 6.61 Å². The molecule has 0 aromatic rings. The van der Waals surface area contributed by atoms with Gasteiger partial charge in [0.2, 0.25) is 0 Å². The summed E-state index contributed by atoms with van der Waals surface area (Å²) >= 11 is 0. The average molecular weight is 460 g/mol. The highest BCUT2D eigenvalue weighted by molar-refractivity contribution is 5.66. The molecule has 0 aromatic heterocycles. The van der Waals surface area contributed by atoms with Crippen LogP contribution < -0.4 is 5.73 Å². The quantitative estimate of drug-likeness (QED) is 0.161. The standard InChI is InChI=1S/C18H32O2.C6H13NO5/c1-2-3-4-5-6-7-8-9-10-11-12-13-14-15-16-17-18(19)20;7-3-5(10)4(9)2(1-8)12-6(3)11/h6-7,9-10H,2-5,8,11-17H2,1H3,(H,19,20);2-6,8-11H,1,7H2/b7-6-,10-9-;/t;2-,3-,4-,5-,6?/m.1/s1. The fourth-order valence-electron chi connectivity index (χ4n) is 3.21. The second-order valence-corrected chi connectivity index (χ2v) is 8.18. The average Bonchev–Trinajstić information content (AvgIpc) is 2.77. The lowest BCUT2D eigenvalue weighted by Gasteiger charge is -2.38. The van der Waals surface area contributed by atoms with E-state index in [-0.39, 0.29) is 0 Å². The molecule has 7 N–H and O–H groups in total. The van der Waals surface area contributed by atoms with E-state index in [0.29, 0.717) is 6.42 Å². The van der Waals surface area contributed by atoms with Gasteiger partial charge in [-0.25, -0.2) is 0 Å². The molecular weight excluding hydrogens is 414 g/mol. The summed E-state index contributed by atoms with van der Waals surface area (Å²) in [6.45, 7) is 1.76. The molecule has 0 aromatic carbocycles. The van der Waals surface area contributed by atoms with Crippen LogP contribution in [0.15, 0.2) is 24.3 Å². The lowest BCUT2D eigenvalue weighted by atomic mass is 9.98. The van der Waals surface area contributed by atoms with E-state index in [1.54, 1.807) is 0 Å². The van der Waals surface area contributed by atoms with E-state index in [2.05, 4.69) is 31.2 Å². The molecule has 1 heterocycles. The third-order valence-electron chi connectivity index (χ3n) is 5.29. The molecule has 1 rings (SSSR count). The predicted octanol–water partition coefficient (Wildman–Crippen LogP) is 2.63. The van der Waals surface area contributed by atoms with E-state index in [1.165, 1.54) is 44.9 Å². The van der Waals surface area contributed by atoms with Crippen molar-refractivity contribution in [1.82, 2.24) is 0 Å². The van der Waals surface area contributed by atoms with E-state index >= 15 is 0 Å².